The van der Waals surface area contributed by atoms with Crippen LogP contribution in [0.3, 0.4) is 0 Å². The van der Waals surface area contributed by atoms with Crippen molar-refractivity contribution in [3.05, 3.63) is 84.7 Å². The Morgan fingerprint density at radius 1 is 1.14 bits per heavy atom. The van der Waals surface area contributed by atoms with Gasteiger partial charge in [0.1, 0.15) is 11.9 Å². The summed E-state index contributed by atoms with van der Waals surface area (Å²) in [6.07, 6.45) is 30.8. The molecule has 194 valence electrons. The Morgan fingerprint density at radius 3 is 2.66 bits per heavy atom. The minimum Gasteiger partial charge on any atom is -0.490 e. The molecule has 5 atom stereocenters. The minimum absolute atomic E-state index is 0.0198. The van der Waals surface area contributed by atoms with E-state index in [4.69, 9.17) is 4.74 Å². The Balaban J connectivity index is 1.78. The zero-order valence-corrected chi connectivity index (χ0v) is 22.6. The highest BCUT2D eigenvalue weighted by molar-refractivity contribution is 5.10. The van der Waals surface area contributed by atoms with E-state index in [1.165, 1.54) is 50.5 Å². The van der Waals surface area contributed by atoms with Crippen molar-refractivity contribution in [2.75, 3.05) is 0 Å². The summed E-state index contributed by atoms with van der Waals surface area (Å²) in [6.45, 7) is 14.8. The summed E-state index contributed by atoms with van der Waals surface area (Å²) in [5.41, 5.74) is 2.65. The summed E-state index contributed by atoms with van der Waals surface area (Å²) < 4.78 is 6.09. The molecule has 2 nitrogen and oxygen atoms in total. The number of rotatable bonds is 15. The number of ether oxygens (including phenoxy) is 1. The smallest absolute Gasteiger partial charge is 0.112 e. The van der Waals surface area contributed by atoms with Gasteiger partial charge in [0, 0.05) is 12.8 Å². The molecule has 0 bridgehead atoms. The molecule has 0 spiro atoms. The van der Waals surface area contributed by atoms with Crippen molar-refractivity contribution in [2.24, 2.45) is 17.8 Å². The maximum atomic E-state index is 10.6. The first-order chi connectivity index (χ1) is 16.9. The Kier molecular flexibility index (Phi) is 13.8. The molecule has 35 heavy (non-hydrogen) atoms. The van der Waals surface area contributed by atoms with Crippen LogP contribution in [-0.2, 0) is 4.74 Å². The van der Waals surface area contributed by atoms with E-state index in [1.54, 1.807) is 0 Å². The van der Waals surface area contributed by atoms with Crippen LogP contribution in [0.4, 0.5) is 0 Å². The van der Waals surface area contributed by atoms with Gasteiger partial charge >= 0.3 is 0 Å². The molecule has 2 aliphatic carbocycles. The van der Waals surface area contributed by atoms with Crippen molar-refractivity contribution in [3.63, 3.8) is 0 Å². The van der Waals surface area contributed by atoms with Gasteiger partial charge in [-0.2, -0.15) is 0 Å². The van der Waals surface area contributed by atoms with Crippen LogP contribution < -0.4 is 0 Å². The zero-order chi connectivity index (χ0) is 25.5. The molecule has 0 radical (unpaired) electrons. The minimum atomic E-state index is -0.487. The van der Waals surface area contributed by atoms with E-state index < -0.39 is 6.10 Å². The molecule has 0 aliphatic heterocycles. The lowest BCUT2D eigenvalue weighted by Crippen LogP contribution is -2.12. The van der Waals surface area contributed by atoms with Gasteiger partial charge in [0.2, 0.25) is 0 Å². The molecule has 0 aromatic heterocycles. The van der Waals surface area contributed by atoms with Gasteiger partial charge in [-0.3, -0.25) is 0 Å². The molecule has 0 fully saturated rings. The molecule has 0 saturated carbocycles. The van der Waals surface area contributed by atoms with Crippen LogP contribution in [0.2, 0.25) is 0 Å². The van der Waals surface area contributed by atoms with Crippen LogP contribution in [0.25, 0.3) is 0 Å². The Morgan fingerprint density at radius 2 is 1.94 bits per heavy atom. The Hall–Kier alpha value is -2.06. The predicted octanol–water partition coefficient (Wildman–Crippen LogP) is 9.18. The van der Waals surface area contributed by atoms with Crippen LogP contribution in [0.5, 0.6) is 0 Å². The molecule has 2 rings (SSSR count). The van der Waals surface area contributed by atoms with Gasteiger partial charge in [0.15, 0.2) is 0 Å². The normalized spacial score (nSPS) is 23.5. The first-order valence-corrected chi connectivity index (χ1v) is 13.8. The van der Waals surface area contributed by atoms with Crippen LogP contribution in [0.1, 0.15) is 91.4 Å². The fourth-order valence-corrected chi connectivity index (χ4v) is 5.41. The average molecular weight is 479 g/mol. The molecule has 0 amide bonds. The lowest BCUT2D eigenvalue weighted by atomic mass is 9.84. The second-order valence-electron chi connectivity index (χ2n) is 10.8. The van der Waals surface area contributed by atoms with E-state index in [-0.39, 0.29) is 6.10 Å². The van der Waals surface area contributed by atoms with Gasteiger partial charge in [-0.15, -0.1) is 0 Å². The second kappa shape index (κ2) is 16.6. The highest BCUT2D eigenvalue weighted by Gasteiger charge is 2.16. The third-order valence-corrected chi connectivity index (χ3v) is 7.10. The van der Waals surface area contributed by atoms with Crippen LogP contribution in [0.15, 0.2) is 84.7 Å². The topological polar surface area (TPSA) is 29.5 Å². The summed E-state index contributed by atoms with van der Waals surface area (Å²) >= 11 is 0. The van der Waals surface area contributed by atoms with Crippen molar-refractivity contribution < 1.29 is 9.84 Å². The summed E-state index contributed by atoms with van der Waals surface area (Å²) in [6, 6.07) is 0. The second-order valence-corrected chi connectivity index (χ2v) is 10.8. The van der Waals surface area contributed by atoms with E-state index in [2.05, 4.69) is 63.5 Å². The van der Waals surface area contributed by atoms with Crippen LogP contribution >= 0.6 is 0 Å². The molecule has 0 aromatic rings. The van der Waals surface area contributed by atoms with Gasteiger partial charge in [0.25, 0.3) is 0 Å². The number of hydrogen-bond acceptors (Lipinski definition) is 2. The Labute approximate surface area is 215 Å². The first-order valence-electron chi connectivity index (χ1n) is 13.8. The van der Waals surface area contributed by atoms with Crippen molar-refractivity contribution in [1.82, 2.24) is 0 Å². The maximum absolute atomic E-state index is 10.6. The van der Waals surface area contributed by atoms with Gasteiger partial charge in [0.05, 0.1) is 6.10 Å². The number of hydrogen-bond donors (Lipinski definition) is 1. The summed E-state index contributed by atoms with van der Waals surface area (Å²) in [4.78, 5) is 0. The molecule has 0 aromatic carbocycles. The monoisotopic (exact) mass is 478 g/mol. The van der Waals surface area contributed by atoms with Gasteiger partial charge < -0.3 is 9.84 Å². The van der Waals surface area contributed by atoms with E-state index in [9.17, 15) is 5.11 Å². The van der Waals surface area contributed by atoms with Crippen molar-refractivity contribution >= 4 is 0 Å². The average Bonchev–Trinajstić information content (AvgIpc) is 2.79. The number of aliphatic hydroxyl groups excluding tert-OH is 1. The fourth-order valence-electron chi connectivity index (χ4n) is 5.41. The van der Waals surface area contributed by atoms with E-state index in [0.717, 1.165) is 30.8 Å². The molecular weight excluding hydrogens is 428 g/mol. The summed E-state index contributed by atoms with van der Waals surface area (Å²) in [5, 5.41) is 10.6. The van der Waals surface area contributed by atoms with E-state index >= 15 is 0 Å². The third-order valence-electron chi connectivity index (χ3n) is 7.10. The maximum Gasteiger partial charge on any atom is 0.112 e. The highest BCUT2D eigenvalue weighted by atomic mass is 16.5. The van der Waals surface area contributed by atoms with Gasteiger partial charge in [-0.1, -0.05) is 79.8 Å². The predicted molar refractivity (Wildman–Crippen MR) is 152 cm³/mol. The Bertz CT molecular complexity index is 794. The lowest BCUT2D eigenvalue weighted by molar-refractivity contribution is 0.130. The first kappa shape index (κ1) is 29.2. The van der Waals surface area contributed by atoms with Crippen molar-refractivity contribution in [3.8, 4) is 0 Å². The molecule has 2 heteroatoms. The van der Waals surface area contributed by atoms with Crippen LogP contribution in [-0.4, -0.2) is 17.3 Å². The molecule has 0 heterocycles. The molecule has 5 unspecified atom stereocenters. The summed E-state index contributed by atoms with van der Waals surface area (Å²) in [7, 11) is 0. The largest absolute Gasteiger partial charge is 0.490 e. The van der Waals surface area contributed by atoms with E-state index in [1.807, 2.05) is 25.2 Å². The molecular formula is C33H50O2. The zero-order valence-electron chi connectivity index (χ0n) is 22.6. The van der Waals surface area contributed by atoms with Crippen molar-refractivity contribution in [1.29, 1.82) is 0 Å². The van der Waals surface area contributed by atoms with Crippen LogP contribution in [0, 0.1) is 17.8 Å². The van der Waals surface area contributed by atoms with Gasteiger partial charge in [-0.25, -0.2) is 0 Å². The number of allylic oxidation sites excluding steroid dienone is 7. The van der Waals surface area contributed by atoms with Crippen molar-refractivity contribution in [2.45, 2.75) is 104 Å². The summed E-state index contributed by atoms with van der Waals surface area (Å²) in [5.74, 6) is 2.77. The highest BCUT2D eigenvalue weighted by Crippen LogP contribution is 2.29. The molecule has 0 saturated heterocycles. The fraction of sp³-hybridized carbons (Fsp3) is 0.576. The third kappa shape index (κ3) is 13.0. The quantitative estimate of drug-likeness (QED) is 0.144. The SMILES string of the molecule is C=C(CC(O)/C=C/CC(C/C=C/C1CCC=C(C)C1)OC(=C)/C=C\C)CC(C)CC1CC=CCC1. The molecule has 2 aliphatic rings. The number of aliphatic hydroxyl groups is 1. The van der Waals surface area contributed by atoms with Gasteiger partial charge in [-0.05, 0) is 95.5 Å². The molecule has 1 N–H and O–H groups in total. The standard InChI is InChI=1S/C33H50O2/c1-6-13-29(5)35-33(20-11-18-31-17-10-14-26(2)23-31)21-12-19-32(34)25-28(4)22-27(3)24-30-15-8-7-9-16-30/h6-8,11-14,18-19,27,30-34H,4-5,9-10,15-17,20-25H2,1-3H3/b13-6-,18-11+,19-12+. The van der Waals surface area contributed by atoms with E-state index in [0.29, 0.717) is 24.0 Å². The lowest BCUT2D eigenvalue weighted by Gasteiger charge is -2.22.